The van der Waals surface area contributed by atoms with Gasteiger partial charge in [-0.2, -0.15) is 5.26 Å². The molecule has 0 aliphatic heterocycles. The van der Waals surface area contributed by atoms with Crippen molar-refractivity contribution in [2.45, 2.75) is 13.8 Å². The summed E-state index contributed by atoms with van der Waals surface area (Å²) in [4.78, 5) is 25.1. The van der Waals surface area contributed by atoms with E-state index >= 15 is 0 Å². The molecule has 0 aliphatic carbocycles. The van der Waals surface area contributed by atoms with Gasteiger partial charge in [-0.25, -0.2) is 0 Å². The quantitative estimate of drug-likeness (QED) is 0.606. The highest BCUT2D eigenvalue weighted by atomic mass is 16.5. The van der Waals surface area contributed by atoms with E-state index in [1.165, 1.54) is 13.2 Å². The third-order valence-electron chi connectivity index (χ3n) is 4.26. The second-order valence-electron chi connectivity index (χ2n) is 6.12. The van der Waals surface area contributed by atoms with E-state index in [-0.39, 0.29) is 28.3 Å². The van der Waals surface area contributed by atoms with Gasteiger partial charge < -0.3 is 13.9 Å². The number of furan rings is 1. The Balaban J connectivity index is 1.76. The van der Waals surface area contributed by atoms with E-state index in [1.54, 1.807) is 48.1 Å². The molecule has 3 aromatic rings. The fraction of sp³-hybridized carbons (Fsp3) is 0.190. The lowest BCUT2D eigenvalue weighted by atomic mass is 10.1. The number of carbonyl (C=O) groups excluding carboxylic acids is 2. The van der Waals surface area contributed by atoms with Crippen molar-refractivity contribution in [3.8, 4) is 23.5 Å². The number of nitriles is 1. The summed E-state index contributed by atoms with van der Waals surface area (Å²) in [5.74, 6) is 0.153. The number of hydrazine groups is 1. The molecule has 3 rings (SSSR count). The minimum absolute atomic E-state index is 0.0470. The average molecular weight is 408 g/mol. The predicted octanol–water partition coefficient (Wildman–Crippen LogP) is 2.73. The van der Waals surface area contributed by atoms with Crippen molar-refractivity contribution in [2.75, 3.05) is 13.7 Å². The summed E-state index contributed by atoms with van der Waals surface area (Å²) in [5, 5.41) is 9.53. The molecule has 2 heterocycles. The van der Waals surface area contributed by atoms with Crippen molar-refractivity contribution in [3.63, 3.8) is 0 Å². The topological polar surface area (TPSA) is 119 Å². The highest BCUT2D eigenvalue weighted by Gasteiger charge is 2.25. The zero-order chi connectivity index (χ0) is 21.7. The number of nitrogens with one attached hydrogen (secondary N) is 2. The molecule has 30 heavy (non-hydrogen) atoms. The third-order valence-corrected chi connectivity index (χ3v) is 4.26. The molecule has 0 saturated carbocycles. The lowest BCUT2D eigenvalue weighted by Gasteiger charge is -2.11. The minimum Gasteiger partial charge on any atom is -0.493 e. The molecule has 9 nitrogen and oxygen atoms in total. The molecule has 1 aromatic carbocycles. The van der Waals surface area contributed by atoms with Crippen LogP contribution in [-0.2, 0) is 0 Å². The van der Waals surface area contributed by atoms with Crippen LogP contribution in [0.5, 0.6) is 11.5 Å². The first-order valence-electron chi connectivity index (χ1n) is 9.08. The maximum Gasteiger partial charge on any atom is 0.274 e. The SMILES string of the molecule is CCOc1ccc(C(=O)NNC(=O)c2c(C)oc(-n3cccc3)c2C#N)cc1OC. The number of ether oxygens (including phenoxy) is 2. The number of hydrogen-bond acceptors (Lipinski definition) is 6. The number of aryl methyl sites for hydroxylation is 1. The molecular formula is C21H20N4O5. The standard InChI is InChI=1S/C21H20N4O5/c1-4-29-16-8-7-14(11-17(16)28-3)19(26)23-24-20(27)18-13(2)30-21(15(18)12-22)25-9-5-6-10-25/h5-11H,4H2,1-3H3,(H,23,26)(H,24,27). The number of hydrogen-bond donors (Lipinski definition) is 2. The Morgan fingerprint density at radius 3 is 2.50 bits per heavy atom. The van der Waals surface area contributed by atoms with Gasteiger partial charge in [-0.15, -0.1) is 0 Å². The van der Waals surface area contributed by atoms with Crippen molar-refractivity contribution in [1.29, 1.82) is 5.26 Å². The first-order valence-corrected chi connectivity index (χ1v) is 9.08. The van der Waals surface area contributed by atoms with E-state index in [2.05, 4.69) is 10.9 Å². The van der Waals surface area contributed by atoms with Crippen LogP contribution in [0.1, 0.15) is 39.0 Å². The van der Waals surface area contributed by atoms with Crippen LogP contribution in [0.3, 0.4) is 0 Å². The summed E-state index contributed by atoms with van der Waals surface area (Å²) in [6.45, 7) is 3.86. The Hall–Kier alpha value is -4.19. The predicted molar refractivity (Wildman–Crippen MR) is 107 cm³/mol. The smallest absolute Gasteiger partial charge is 0.274 e. The second-order valence-corrected chi connectivity index (χ2v) is 6.12. The summed E-state index contributed by atoms with van der Waals surface area (Å²) in [6, 6.07) is 10.2. The van der Waals surface area contributed by atoms with E-state index in [0.29, 0.717) is 18.1 Å². The van der Waals surface area contributed by atoms with Gasteiger partial charge in [0.25, 0.3) is 11.8 Å². The van der Waals surface area contributed by atoms with Crippen LogP contribution < -0.4 is 20.3 Å². The van der Waals surface area contributed by atoms with Gasteiger partial charge in [-0.05, 0) is 44.2 Å². The molecule has 0 spiro atoms. The van der Waals surface area contributed by atoms with E-state index < -0.39 is 11.8 Å². The summed E-state index contributed by atoms with van der Waals surface area (Å²) in [6.07, 6.45) is 3.39. The van der Waals surface area contributed by atoms with Crippen molar-refractivity contribution < 1.29 is 23.5 Å². The van der Waals surface area contributed by atoms with Crippen LogP contribution >= 0.6 is 0 Å². The fourth-order valence-electron chi connectivity index (χ4n) is 2.89. The number of rotatable bonds is 6. The van der Waals surface area contributed by atoms with Gasteiger partial charge in [-0.1, -0.05) is 0 Å². The minimum atomic E-state index is -0.669. The van der Waals surface area contributed by atoms with Gasteiger partial charge in [0.15, 0.2) is 11.5 Å². The molecule has 0 saturated heterocycles. The molecule has 0 unspecified atom stereocenters. The summed E-state index contributed by atoms with van der Waals surface area (Å²) >= 11 is 0. The number of nitrogens with zero attached hydrogens (tertiary/aromatic N) is 2. The maximum atomic E-state index is 12.6. The first-order chi connectivity index (χ1) is 14.5. The van der Waals surface area contributed by atoms with Crippen molar-refractivity contribution in [3.05, 3.63) is 65.2 Å². The van der Waals surface area contributed by atoms with Gasteiger partial charge >= 0.3 is 0 Å². The van der Waals surface area contributed by atoms with Crippen LogP contribution in [0.2, 0.25) is 0 Å². The first kappa shape index (κ1) is 20.5. The molecule has 2 N–H and O–H groups in total. The molecular weight excluding hydrogens is 388 g/mol. The highest BCUT2D eigenvalue weighted by molar-refractivity contribution is 6.01. The van der Waals surface area contributed by atoms with Crippen LogP contribution in [-0.4, -0.2) is 30.1 Å². The molecule has 2 amide bonds. The van der Waals surface area contributed by atoms with Crippen LogP contribution in [0.4, 0.5) is 0 Å². The van der Waals surface area contributed by atoms with Gasteiger partial charge in [0.1, 0.15) is 23.0 Å². The molecule has 0 radical (unpaired) electrons. The summed E-state index contributed by atoms with van der Waals surface area (Å²) in [7, 11) is 1.47. The zero-order valence-electron chi connectivity index (χ0n) is 16.7. The van der Waals surface area contributed by atoms with Crippen molar-refractivity contribution >= 4 is 11.8 Å². The Morgan fingerprint density at radius 2 is 1.87 bits per heavy atom. The van der Waals surface area contributed by atoms with Crippen molar-refractivity contribution in [2.24, 2.45) is 0 Å². The van der Waals surface area contributed by atoms with Crippen LogP contribution in [0.25, 0.3) is 5.88 Å². The Labute approximate surface area is 172 Å². The second kappa shape index (κ2) is 8.87. The normalized spacial score (nSPS) is 10.2. The lowest BCUT2D eigenvalue weighted by molar-refractivity contribution is 0.0845. The Kier molecular flexibility index (Phi) is 6.08. The molecule has 0 atom stereocenters. The molecule has 0 aliphatic rings. The molecule has 2 aromatic heterocycles. The van der Waals surface area contributed by atoms with Gasteiger partial charge in [0.05, 0.1) is 13.7 Å². The van der Waals surface area contributed by atoms with E-state index in [0.717, 1.165) is 0 Å². The molecule has 9 heteroatoms. The Morgan fingerprint density at radius 1 is 1.17 bits per heavy atom. The zero-order valence-corrected chi connectivity index (χ0v) is 16.7. The van der Waals surface area contributed by atoms with Crippen LogP contribution in [0, 0.1) is 18.3 Å². The number of amides is 2. The Bertz CT molecular complexity index is 1110. The maximum absolute atomic E-state index is 12.6. The number of benzene rings is 1. The van der Waals surface area contributed by atoms with E-state index in [9.17, 15) is 14.9 Å². The third kappa shape index (κ3) is 3.98. The summed E-state index contributed by atoms with van der Waals surface area (Å²) in [5.41, 5.74) is 5.02. The van der Waals surface area contributed by atoms with Crippen molar-refractivity contribution in [1.82, 2.24) is 15.4 Å². The van der Waals surface area contributed by atoms with Gasteiger partial charge in [0.2, 0.25) is 5.88 Å². The largest absolute Gasteiger partial charge is 0.493 e. The molecule has 154 valence electrons. The number of carbonyl (C=O) groups is 2. The number of methoxy groups -OCH3 is 1. The van der Waals surface area contributed by atoms with E-state index in [1.807, 2.05) is 13.0 Å². The van der Waals surface area contributed by atoms with E-state index in [4.69, 9.17) is 13.9 Å². The average Bonchev–Trinajstić information content (AvgIpc) is 3.39. The number of aromatic nitrogens is 1. The molecule has 0 fully saturated rings. The van der Waals surface area contributed by atoms with Gasteiger partial charge in [0, 0.05) is 18.0 Å². The highest BCUT2D eigenvalue weighted by Crippen LogP contribution is 2.28. The summed E-state index contributed by atoms with van der Waals surface area (Å²) < 4.78 is 17.8. The van der Waals surface area contributed by atoms with Crippen LogP contribution in [0.15, 0.2) is 47.1 Å². The fourth-order valence-corrected chi connectivity index (χ4v) is 2.89. The van der Waals surface area contributed by atoms with Gasteiger partial charge in [-0.3, -0.25) is 25.0 Å². The lowest BCUT2D eigenvalue weighted by Crippen LogP contribution is -2.42. The monoisotopic (exact) mass is 408 g/mol. The molecule has 0 bridgehead atoms.